The highest BCUT2D eigenvalue weighted by molar-refractivity contribution is 5.79. The second-order valence-electron chi connectivity index (χ2n) is 6.37. The van der Waals surface area contributed by atoms with Crippen molar-refractivity contribution < 1.29 is 4.79 Å². The Balaban J connectivity index is 1.58. The van der Waals surface area contributed by atoms with E-state index in [9.17, 15) is 10.1 Å². The number of carbonyl (C=O) groups is 1. The molecule has 1 aromatic rings. The maximum Gasteiger partial charge on any atom is 0.235 e. The molecule has 0 aromatic heterocycles. The predicted molar refractivity (Wildman–Crippen MR) is 80.3 cm³/mol. The van der Waals surface area contributed by atoms with Crippen molar-refractivity contribution in [2.75, 3.05) is 13.1 Å². The van der Waals surface area contributed by atoms with Gasteiger partial charge in [0.05, 0.1) is 12.6 Å². The molecule has 1 amide bonds. The molecule has 3 rings (SSSR count). The first kappa shape index (κ1) is 14.1. The molecule has 21 heavy (non-hydrogen) atoms. The zero-order chi connectivity index (χ0) is 14.9. The molecule has 1 fully saturated rings. The molecule has 1 aromatic carbocycles. The van der Waals surface area contributed by atoms with Gasteiger partial charge >= 0.3 is 0 Å². The third kappa shape index (κ3) is 3.08. The summed E-state index contributed by atoms with van der Waals surface area (Å²) >= 11 is 0. The first-order valence-electron chi connectivity index (χ1n) is 7.62. The average Bonchev–Trinajstić information content (AvgIpc) is 3.32. The highest BCUT2D eigenvalue weighted by Gasteiger charge is 2.43. The summed E-state index contributed by atoms with van der Waals surface area (Å²) in [7, 11) is 0. The fourth-order valence-corrected chi connectivity index (χ4v) is 3.10. The molecule has 1 heterocycles. The molecular weight excluding hydrogens is 262 g/mol. The molecule has 4 heteroatoms. The second kappa shape index (κ2) is 5.50. The maximum atomic E-state index is 12.2. The lowest BCUT2D eigenvalue weighted by atomic mass is 9.97. The van der Waals surface area contributed by atoms with E-state index in [1.54, 1.807) is 0 Å². The molecule has 0 bridgehead atoms. The van der Waals surface area contributed by atoms with Gasteiger partial charge in [-0.1, -0.05) is 24.3 Å². The molecule has 1 saturated carbocycles. The molecule has 1 aliphatic heterocycles. The molecule has 0 spiro atoms. The van der Waals surface area contributed by atoms with Crippen molar-refractivity contribution in [3.63, 3.8) is 0 Å². The van der Waals surface area contributed by atoms with Gasteiger partial charge in [-0.05, 0) is 43.2 Å². The molecule has 1 atom stereocenters. The zero-order valence-electron chi connectivity index (χ0n) is 12.4. The van der Waals surface area contributed by atoms with E-state index in [4.69, 9.17) is 0 Å². The third-order valence-electron chi connectivity index (χ3n) is 4.60. The highest BCUT2D eigenvalue weighted by atomic mass is 16.2. The van der Waals surface area contributed by atoms with Crippen LogP contribution in [-0.4, -0.2) is 29.4 Å². The molecule has 1 aliphatic carbocycles. The molecule has 0 radical (unpaired) electrons. The van der Waals surface area contributed by atoms with Crippen molar-refractivity contribution in [2.45, 2.75) is 38.3 Å². The van der Waals surface area contributed by atoms with Crippen LogP contribution in [0.2, 0.25) is 0 Å². The van der Waals surface area contributed by atoms with Gasteiger partial charge < -0.3 is 5.32 Å². The summed E-state index contributed by atoms with van der Waals surface area (Å²) in [6.45, 7) is 3.93. The van der Waals surface area contributed by atoms with Crippen LogP contribution in [0, 0.1) is 17.2 Å². The van der Waals surface area contributed by atoms with Crippen molar-refractivity contribution in [3.05, 3.63) is 35.4 Å². The first-order chi connectivity index (χ1) is 10.1. The van der Waals surface area contributed by atoms with E-state index in [0.29, 0.717) is 12.5 Å². The third-order valence-corrected chi connectivity index (χ3v) is 4.60. The van der Waals surface area contributed by atoms with Crippen LogP contribution < -0.4 is 5.32 Å². The molecule has 110 valence electrons. The SMILES string of the molecule is C[C@](C#N)(NC(=O)CN1CCc2ccccc2C1)C1CC1. The Bertz CT molecular complexity index is 588. The normalized spacial score (nSPS) is 21.0. The molecule has 1 N–H and O–H groups in total. The minimum absolute atomic E-state index is 0.0367. The summed E-state index contributed by atoms with van der Waals surface area (Å²) in [5.74, 6) is 0.291. The number of nitriles is 1. The van der Waals surface area contributed by atoms with E-state index >= 15 is 0 Å². The lowest BCUT2D eigenvalue weighted by Gasteiger charge is -2.30. The fourth-order valence-electron chi connectivity index (χ4n) is 3.10. The summed E-state index contributed by atoms with van der Waals surface area (Å²) in [5.41, 5.74) is 2.00. The smallest absolute Gasteiger partial charge is 0.235 e. The second-order valence-corrected chi connectivity index (χ2v) is 6.37. The van der Waals surface area contributed by atoms with Gasteiger partial charge in [-0.25, -0.2) is 0 Å². The van der Waals surface area contributed by atoms with E-state index in [1.165, 1.54) is 11.1 Å². The first-order valence-corrected chi connectivity index (χ1v) is 7.62. The van der Waals surface area contributed by atoms with Crippen molar-refractivity contribution >= 4 is 5.91 Å². The average molecular weight is 283 g/mol. The summed E-state index contributed by atoms with van der Waals surface area (Å²) < 4.78 is 0. The van der Waals surface area contributed by atoms with Gasteiger partial charge in [0.1, 0.15) is 5.54 Å². The van der Waals surface area contributed by atoms with Crippen LogP contribution in [0.15, 0.2) is 24.3 Å². The van der Waals surface area contributed by atoms with Gasteiger partial charge in [0.25, 0.3) is 0 Å². The van der Waals surface area contributed by atoms with Gasteiger partial charge in [0.2, 0.25) is 5.91 Å². The number of hydrogen-bond donors (Lipinski definition) is 1. The van der Waals surface area contributed by atoms with Gasteiger partial charge in [-0.2, -0.15) is 5.26 Å². The number of benzene rings is 1. The Hall–Kier alpha value is -1.86. The summed E-state index contributed by atoms with van der Waals surface area (Å²) in [4.78, 5) is 14.4. The Morgan fingerprint density at radius 2 is 2.14 bits per heavy atom. The van der Waals surface area contributed by atoms with Crippen molar-refractivity contribution in [2.24, 2.45) is 5.92 Å². The lowest BCUT2D eigenvalue weighted by molar-refractivity contribution is -0.123. The van der Waals surface area contributed by atoms with Crippen LogP contribution in [-0.2, 0) is 17.8 Å². The molecule has 2 aliphatic rings. The Morgan fingerprint density at radius 3 is 2.81 bits per heavy atom. The number of carbonyl (C=O) groups excluding carboxylic acids is 1. The summed E-state index contributed by atoms with van der Waals surface area (Å²) in [6, 6.07) is 10.7. The van der Waals surface area contributed by atoms with Crippen molar-refractivity contribution in [1.29, 1.82) is 5.26 Å². The number of nitrogens with one attached hydrogen (secondary N) is 1. The van der Waals surface area contributed by atoms with Gasteiger partial charge in [0.15, 0.2) is 0 Å². The Morgan fingerprint density at radius 1 is 1.43 bits per heavy atom. The van der Waals surface area contributed by atoms with Crippen LogP contribution in [0.3, 0.4) is 0 Å². The fraction of sp³-hybridized carbons (Fsp3) is 0.529. The number of rotatable bonds is 4. The van der Waals surface area contributed by atoms with Crippen LogP contribution in [0.5, 0.6) is 0 Å². The topological polar surface area (TPSA) is 56.1 Å². The van der Waals surface area contributed by atoms with Crippen molar-refractivity contribution in [3.8, 4) is 6.07 Å². The van der Waals surface area contributed by atoms with Crippen LogP contribution in [0.25, 0.3) is 0 Å². The highest BCUT2D eigenvalue weighted by Crippen LogP contribution is 2.39. The van der Waals surface area contributed by atoms with E-state index in [-0.39, 0.29) is 5.91 Å². The minimum Gasteiger partial charge on any atom is -0.337 e. The maximum absolute atomic E-state index is 12.2. The Labute approximate surface area is 125 Å². The van der Waals surface area contributed by atoms with Gasteiger partial charge in [-0.3, -0.25) is 9.69 Å². The van der Waals surface area contributed by atoms with E-state index in [2.05, 4.69) is 34.5 Å². The molecular formula is C17H21N3O. The zero-order valence-corrected chi connectivity index (χ0v) is 12.4. The minimum atomic E-state index is -0.690. The van der Waals surface area contributed by atoms with E-state index in [1.807, 2.05) is 13.0 Å². The molecule has 0 unspecified atom stereocenters. The van der Waals surface area contributed by atoms with Gasteiger partial charge in [0, 0.05) is 13.1 Å². The monoisotopic (exact) mass is 283 g/mol. The number of hydrogen-bond acceptors (Lipinski definition) is 3. The lowest BCUT2D eigenvalue weighted by Crippen LogP contribution is -2.50. The Kier molecular flexibility index (Phi) is 3.69. The van der Waals surface area contributed by atoms with Crippen LogP contribution >= 0.6 is 0 Å². The summed E-state index contributed by atoms with van der Waals surface area (Å²) in [5, 5.41) is 12.2. The van der Waals surface area contributed by atoms with Crippen LogP contribution in [0.4, 0.5) is 0 Å². The van der Waals surface area contributed by atoms with E-state index in [0.717, 1.165) is 32.4 Å². The number of fused-ring (bicyclic) bond motifs is 1. The van der Waals surface area contributed by atoms with Crippen molar-refractivity contribution in [1.82, 2.24) is 10.2 Å². The number of nitrogens with zero attached hydrogens (tertiary/aromatic N) is 2. The van der Waals surface area contributed by atoms with Gasteiger partial charge in [-0.15, -0.1) is 0 Å². The standard InChI is InChI=1S/C17H21N3O/c1-17(12-18,15-6-7-15)19-16(21)11-20-9-8-13-4-2-3-5-14(13)10-20/h2-5,15H,6-11H2,1H3,(H,19,21)/t17-/m1/s1. The quantitative estimate of drug-likeness (QED) is 0.917. The van der Waals surface area contributed by atoms with E-state index < -0.39 is 5.54 Å². The summed E-state index contributed by atoms with van der Waals surface area (Å²) in [6.07, 6.45) is 3.07. The predicted octanol–water partition coefficient (Wildman–Crippen LogP) is 1.85. The van der Waals surface area contributed by atoms with Crippen LogP contribution in [0.1, 0.15) is 30.9 Å². The number of amides is 1. The molecule has 0 saturated heterocycles. The largest absolute Gasteiger partial charge is 0.337 e. The molecule has 4 nitrogen and oxygen atoms in total.